The van der Waals surface area contributed by atoms with E-state index < -0.39 is 0 Å². The third-order valence-corrected chi connectivity index (χ3v) is 6.01. The molecule has 1 aliphatic heterocycles. The van der Waals surface area contributed by atoms with Crippen LogP contribution in [0.2, 0.25) is 0 Å². The van der Waals surface area contributed by atoms with Crippen LogP contribution in [0.1, 0.15) is 29.3 Å². The van der Waals surface area contributed by atoms with Gasteiger partial charge in [0.25, 0.3) is 11.5 Å². The summed E-state index contributed by atoms with van der Waals surface area (Å²) in [6.07, 6.45) is 1.64. The molecule has 2 heterocycles. The highest BCUT2D eigenvalue weighted by Gasteiger charge is 2.29. The van der Waals surface area contributed by atoms with Crippen LogP contribution in [0.3, 0.4) is 0 Å². The van der Waals surface area contributed by atoms with Crippen molar-refractivity contribution in [2.45, 2.75) is 27.7 Å². The maximum absolute atomic E-state index is 13.1. The molecule has 0 saturated heterocycles. The van der Waals surface area contributed by atoms with E-state index in [2.05, 4.69) is 32.8 Å². The van der Waals surface area contributed by atoms with E-state index in [9.17, 15) is 9.59 Å². The third-order valence-electron chi connectivity index (χ3n) is 5.29. The normalized spacial score (nSPS) is 15.2. The Morgan fingerprint density at radius 2 is 1.60 bits per heavy atom. The number of hydrogen-bond acceptors (Lipinski definition) is 3. The number of amides is 1. The van der Waals surface area contributed by atoms with Crippen molar-refractivity contribution in [1.29, 1.82) is 0 Å². The van der Waals surface area contributed by atoms with Crippen LogP contribution in [-0.4, -0.2) is 21.4 Å². The summed E-state index contributed by atoms with van der Waals surface area (Å²) in [7, 11) is 0. The fourth-order valence-corrected chi connectivity index (χ4v) is 3.72. The minimum Gasteiger partial charge on any atom is -0.295 e. The summed E-state index contributed by atoms with van der Waals surface area (Å²) < 4.78 is 2.58. The first-order valence-electron chi connectivity index (χ1n) is 9.53. The molecule has 30 heavy (non-hydrogen) atoms. The second-order valence-corrected chi connectivity index (χ2v) is 8.64. The molecule has 0 unspecified atom stereocenters. The summed E-state index contributed by atoms with van der Waals surface area (Å²) in [5, 5.41) is 8.93. The van der Waals surface area contributed by atoms with Crippen LogP contribution in [0.15, 0.2) is 57.9 Å². The average Bonchev–Trinajstić information content (AvgIpc) is 3.15. The number of aryl methyl sites for hydroxylation is 3. The molecule has 1 aliphatic rings. The molecule has 0 saturated carbocycles. The van der Waals surface area contributed by atoms with Crippen LogP contribution in [0.5, 0.6) is 0 Å². The number of rotatable bonds is 3. The highest BCUT2D eigenvalue weighted by Crippen LogP contribution is 2.26. The lowest BCUT2D eigenvalue weighted by atomic mass is 10.1. The zero-order valence-electron chi connectivity index (χ0n) is 17.2. The molecule has 0 fully saturated rings. The van der Waals surface area contributed by atoms with Gasteiger partial charge in [-0.15, -0.1) is 0 Å². The zero-order valence-corrected chi connectivity index (χ0v) is 19.3. The summed E-state index contributed by atoms with van der Waals surface area (Å²) >= 11 is 2.22. The Morgan fingerprint density at radius 3 is 2.27 bits per heavy atom. The number of aromatic nitrogens is 2. The lowest BCUT2D eigenvalue weighted by Gasteiger charge is -2.13. The molecule has 1 aromatic heterocycles. The fourth-order valence-electron chi connectivity index (χ4n) is 3.36. The topological polar surface area (TPSA) is 70.5 Å². The summed E-state index contributed by atoms with van der Waals surface area (Å²) in [5.74, 6) is -0.239. The lowest BCUT2D eigenvalue weighted by Crippen LogP contribution is -2.22. The van der Waals surface area contributed by atoms with Gasteiger partial charge in [-0.3, -0.25) is 14.7 Å². The largest absolute Gasteiger partial charge is 0.295 e. The van der Waals surface area contributed by atoms with E-state index in [1.807, 2.05) is 63.2 Å². The van der Waals surface area contributed by atoms with Crippen LogP contribution < -0.4 is 10.6 Å². The first-order chi connectivity index (χ1) is 14.3. The lowest BCUT2D eigenvalue weighted by molar-refractivity contribution is -0.114. The van der Waals surface area contributed by atoms with Crippen molar-refractivity contribution in [1.82, 2.24) is 9.78 Å². The number of halogens is 1. The van der Waals surface area contributed by atoms with Crippen molar-refractivity contribution >= 4 is 46.0 Å². The number of H-pyrrole nitrogens is 1. The average molecular weight is 512 g/mol. The molecule has 3 aromatic rings. The number of nitrogens with zero attached hydrogens (tertiary/aromatic N) is 3. The number of hydrazone groups is 1. The van der Waals surface area contributed by atoms with Crippen molar-refractivity contribution in [3.05, 3.63) is 84.3 Å². The molecule has 1 amide bonds. The predicted molar refractivity (Wildman–Crippen MR) is 128 cm³/mol. The first kappa shape index (κ1) is 20.3. The van der Waals surface area contributed by atoms with Gasteiger partial charge in [-0.2, -0.15) is 10.1 Å². The molecular formula is C23H21IN4O2. The van der Waals surface area contributed by atoms with Crippen LogP contribution >= 0.6 is 22.6 Å². The number of benzene rings is 2. The molecule has 0 atom stereocenters. The second kappa shape index (κ2) is 7.71. The Labute approximate surface area is 188 Å². The predicted octanol–water partition coefficient (Wildman–Crippen LogP) is 4.50. The molecular weight excluding hydrogens is 491 g/mol. The van der Waals surface area contributed by atoms with Crippen LogP contribution in [0.25, 0.3) is 11.8 Å². The van der Waals surface area contributed by atoms with Crippen molar-refractivity contribution in [2.24, 2.45) is 5.10 Å². The van der Waals surface area contributed by atoms with E-state index in [0.717, 1.165) is 20.4 Å². The number of aromatic amines is 1. The smallest absolute Gasteiger partial charge is 0.280 e. The van der Waals surface area contributed by atoms with Crippen LogP contribution in [-0.2, 0) is 4.79 Å². The minimum atomic E-state index is -0.239. The van der Waals surface area contributed by atoms with Gasteiger partial charge in [-0.25, -0.2) is 4.68 Å². The quantitative estimate of drug-likeness (QED) is 0.415. The van der Waals surface area contributed by atoms with E-state index >= 15 is 0 Å². The molecule has 152 valence electrons. The molecule has 1 N–H and O–H groups in total. The van der Waals surface area contributed by atoms with E-state index in [4.69, 9.17) is 0 Å². The summed E-state index contributed by atoms with van der Waals surface area (Å²) in [5.41, 5.74) is 5.65. The maximum atomic E-state index is 13.1. The Balaban J connectivity index is 1.73. The van der Waals surface area contributed by atoms with E-state index in [1.165, 1.54) is 9.69 Å². The fraction of sp³-hybridized carbons (Fsp3) is 0.174. The molecule has 7 heteroatoms. The van der Waals surface area contributed by atoms with Crippen molar-refractivity contribution in [3.8, 4) is 5.69 Å². The SMILES string of the molecule is CC1=NN(c2ccc(C)c(C)c2)C(=O)C1=Cc1c(C)[nH]n(-c2ccc(I)cc2)c1=O. The van der Waals surface area contributed by atoms with Gasteiger partial charge in [-0.05, 0) is 104 Å². The first-order valence-corrected chi connectivity index (χ1v) is 10.6. The molecule has 4 rings (SSSR count). The number of carbonyl (C=O) groups excluding carboxylic acids is 1. The number of anilines is 1. The molecule has 0 bridgehead atoms. The van der Waals surface area contributed by atoms with E-state index in [-0.39, 0.29) is 11.5 Å². The summed E-state index contributed by atoms with van der Waals surface area (Å²) in [4.78, 5) is 26.1. The Hall–Kier alpha value is -2.94. The molecule has 0 aliphatic carbocycles. The molecule has 0 spiro atoms. The number of carbonyl (C=O) groups is 1. The molecule has 0 radical (unpaired) electrons. The number of nitrogens with one attached hydrogen (secondary N) is 1. The van der Waals surface area contributed by atoms with E-state index in [0.29, 0.717) is 28.2 Å². The van der Waals surface area contributed by atoms with Gasteiger partial charge in [0.1, 0.15) is 0 Å². The van der Waals surface area contributed by atoms with Gasteiger partial charge in [0, 0.05) is 9.26 Å². The minimum absolute atomic E-state index is 0.202. The highest BCUT2D eigenvalue weighted by molar-refractivity contribution is 14.1. The highest BCUT2D eigenvalue weighted by atomic mass is 127. The van der Waals surface area contributed by atoms with Crippen molar-refractivity contribution < 1.29 is 4.79 Å². The standard InChI is InChI=1S/C23H21IN4O2/c1-13-5-8-19(11-14(13)2)28-23(30)21(16(4)26-28)12-20-15(3)25-27(22(20)29)18-9-6-17(24)7-10-18/h5-12,25H,1-4H3. The summed E-state index contributed by atoms with van der Waals surface area (Å²) in [6.45, 7) is 7.63. The summed E-state index contributed by atoms with van der Waals surface area (Å²) in [6, 6.07) is 13.4. The van der Waals surface area contributed by atoms with Crippen LogP contribution in [0.4, 0.5) is 5.69 Å². The Bertz CT molecular complexity index is 1280. The molecule has 6 nitrogen and oxygen atoms in total. The van der Waals surface area contributed by atoms with Crippen molar-refractivity contribution in [3.63, 3.8) is 0 Å². The van der Waals surface area contributed by atoms with E-state index in [1.54, 1.807) is 13.0 Å². The van der Waals surface area contributed by atoms with Gasteiger partial charge in [-0.1, -0.05) is 6.07 Å². The number of hydrogen-bond donors (Lipinski definition) is 1. The Morgan fingerprint density at radius 1 is 0.933 bits per heavy atom. The van der Waals surface area contributed by atoms with Gasteiger partial charge in [0.2, 0.25) is 0 Å². The monoisotopic (exact) mass is 512 g/mol. The van der Waals surface area contributed by atoms with Crippen LogP contribution in [0, 0.1) is 24.3 Å². The maximum Gasteiger partial charge on any atom is 0.280 e. The zero-order chi connectivity index (χ0) is 21.6. The van der Waals surface area contributed by atoms with Gasteiger partial charge in [0.15, 0.2) is 0 Å². The molecule has 2 aromatic carbocycles. The third kappa shape index (κ3) is 3.54. The van der Waals surface area contributed by atoms with Crippen molar-refractivity contribution in [2.75, 3.05) is 5.01 Å². The van der Waals surface area contributed by atoms with Gasteiger partial charge >= 0.3 is 0 Å². The second-order valence-electron chi connectivity index (χ2n) is 7.40. The van der Waals surface area contributed by atoms with Gasteiger partial charge < -0.3 is 0 Å². The van der Waals surface area contributed by atoms with Gasteiger partial charge in [0.05, 0.1) is 28.2 Å². The Kier molecular flexibility index (Phi) is 5.23.